The molecule has 0 radical (unpaired) electrons. The van der Waals surface area contributed by atoms with Gasteiger partial charge in [-0.2, -0.15) is 0 Å². The van der Waals surface area contributed by atoms with Crippen molar-refractivity contribution in [3.63, 3.8) is 0 Å². The molecule has 2 aliphatic rings. The second kappa shape index (κ2) is 7.45. The van der Waals surface area contributed by atoms with Crippen LogP contribution in [0.15, 0.2) is 35.2 Å². The van der Waals surface area contributed by atoms with E-state index in [2.05, 4.69) is 9.88 Å². The first kappa shape index (κ1) is 17.6. The highest BCUT2D eigenvalue weighted by molar-refractivity contribution is 7.07. The molecule has 0 saturated carbocycles. The standard InChI is InChI=1S/C20H24FN3OS/c21-17-3-1-16(2-4-17)13-23-9-5-20(6-10-23)7-11-24(12-8-20)19(25)18-14-26-15-22-18/h1-4,14-15H,5-13H2. The molecule has 1 aromatic carbocycles. The molecule has 1 spiro atoms. The summed E-state index contributed by atoms with van der Waals surface area (Å²) in [6.45, 7) is 4.74. The van der Waals surface area contributed by atoms with E-state index in [1.54, 1.807) is 5.51 Å². The molecule has 138 valence electrons. The topological polar surface area (TPSA) is 36.4 Å². The smallest absolute Gasteiger partial charge is 0.273 e. The van der Waals surface area contributed by atoms with Gasteiger partial charge < -0.3 is 4.90 Å². The fourth-order valence-corrected chi connectivity index (χ4v) is 4.72. The highest BCUT2D eigenvalue weighted by Gasteiger charge is 2.38. The van der Waals surface area contributed by atoms with E-state index in [1.807, 2.05) is 22.4 Å². The molecule has 2 aliphatic heterocycles. The third-order valence-electron chi connectivity index (χ3n) is 6.00. The molecule has 6 heteroatoms. The molecule has 4 nitrogen and oxygen atoms in total. The first-order valence-corrected chi connectivity index (χ1v) is 10.2. The molecular formula is C20H24FN3OS. The number of benzene rings is 1. The number of halogens is 1. The summed E-state index contributed by atoms with van der Waals surface area (Å²) in [5.41, 5.74) is 3.86. The average Bonchev–Trinajstić information content (AvgIpc) is 3.21. The fraction of sp³-hybridized carbons (Fsp3) is 0.500. The lowest BCUT2D eigenvalue weighted by Gasteiger charge is -2.46. The quantitative estimate of drug-likeness (QED) is 0.821. The Kier molecular flexibility index (Phi) is 5.05. The average molecular weight is 373 g/mol. The van der Waals surface area contributed by atoms with E-state index in [0.29, 0.717) is 11.1 Å². The lowest BCUT2D eigenvalue weighted by molar-refractivity contribution is 0.0282. The van der Waals surface area contributed by atoms with Crippen LogP contribution in [0.3, 0.4) is 0 Å². The summed E-state index contributed by atoms with van der Waals surface area (Å²) >= 11 is 1.47. The molecule has 2 saturated heterocycles. The third-order valence-corrected chi connectivity index (χ3v) is 6.59. The number of carbonyl (C=O) groups excluding carboxylic acids is 1. The zero-order valence-electron chi connectivity index (χ0n) is 14.9. The van der Waals surface area contributed by atoms with Crippen molar-refractivity contribution in [2.75, 3.05) is 26.2 Å². The maximum atomic E-state index is 13.0. The Morgan fingerprint density at radius 2 is 1.73 bits per heavy atom. The van der Waals surface area contributed by atoms with Crippen molar-refractivity contribution in [3.05, 3.63) is 52.2 Å². The van der Waals surface area contributed by atoms with E-state index in [1.165, 1.54) is 41.9 Å². The Balaban J connectivity index is 1.28. The summed E-state index contributed by atoms with van der Waals surface area (Å²) < 4.78 is 13.0. The largest absolute Gasteiger partial charge is 0.337 e. The molecular weight excluding hydrogens is 349 g/mol. The lowest BCUT2D eigenvalue weighted by Crippen LogP contribution is -2.48. The minimum absolute atomic E-state index is 0.0786. The molecule has 0 atom stereocenters. The maximum Gasteiger partial charge on any atom is 0.273 e. The summed E-state index contributed by atoms with van der Waals surface area (Å²) in [7, 11) is 0. The monoisotopic (exact) mass is 373 g/mol. The van der Waals surface area contributed by atoms with Gasteiger partial charge in [0.25, 0.3) is 5.91 Å². The van der Waals surface area contributed by atoms with Gasteiger partial charge in [-0.1, -0.05) is 12.1 Å². The van der Waals surface area contributed by atoms with Crippen LogP contribution in [0.25, 0.3) is 0 Å². The molecule has 2 fully saturated rings. The number of thiazole rings is 1. The van der Waals surface area contributed by atoms with E-state index in [4.69, 9.17) is 0 Å². The predicted octanol–water partition coefficient (Wildman–Crippen LogP) is 3.80. The summed E-state index contributed by atoms with van der Waals surface area (Å²) in [6.07, 6.45) is 4.56. The molecule has 0 unspecified atom stereocenters. The summed E-state index contributed by atoms with van der Waals surface area (Å²) in [5.74, 6) is -0.0971. The van der Waals surface area contributed by atoms with Gasteiger partial charge in [-0.25, -0.2) is 9.37 Å². The predicted molar refractivity (Wildman–Crippen MR) is 101 cm³/mol. The van der Waals surface area contributed by atoms with Crippen molar-refractivity contribution in [2.45, 2.75) is 32.2 Å². The second-order valence-corrected chi connectivity index (χ2v) is 8.29. The van der Waals surface area contributed by atoms with Crippen LogP contribution in [0.2, 0.25) is 0 Å². The van der Waals surface area contributed by atoms with Gasteiger partial charge in [-0.05, 0) is 61.9 Å². The number of aromatic nitrogens is 1. The van der Waals surface area contributed by atoms with Crippen molar-refractivity contribution in [1.29, 1.82) is 0 Å². The maximum absolute atomic E-state index is 13.0. The highest BCUT2D eigenvalue weighted by atomic mass is 32.1. The van der Waals surface area contributed by atoms with Crippen molar-refractivity contribution < 1.29 is 9.18 Å². The van der Waals surface area contributed by atoms with E-state index in [-0.39, 0.29) is 11.7 Å². The fourth-order valence-electron chi connectivity index (χ4n) is 4.20. The Morgan fingerprint density at radius 3 is 2.35 bits per heavy atom. The van der Waals surface area contributed by atoms with Gasteiger partial charge in [0.1, 0.15) is 11.5 Å². The Labute approximate surface area is 157 Å². The summed E-state index contributed by atoms with van der Waals surface area (Å²) in [4.78, 5) is 21.0. The van der Waals surface area contributed by atoms with Crippen LogP contribution in [0.1, 0.15) is 41.7 Å². The minimum Gasteiger partial charge on any atom is -0.337 e. The van der Waals surface area contributed by atoms with E-state index in [0.717, 1.165) is 45.6 Å². The van der Waals surface area contributed by atoms with Crippen LogP contribution < -0.4 is 0 Å². The highest BCUT2D eigenvalue weighted by Crippen LogP contribution is 2.41. The van der Waals surface area contributed by atoms with Crippen LogP contribution in [0.4, 0.5) is 4.39 Å². The number of piperidine rings is 2. The SMILES string of the molecule is O=C(c1cscn1)N1CCC2(CCN(Cc3ccc(F)cc3)CC2)CC1. The van der Waals surface area contributed by atoms with Crippen molar-refractivity contribution in [1.82, 2.24) is 14.8 Å². The van der Waals surface area contributed by atoms with Crippen molar-refractivity contribution in [2.24, 2.45) is 5.41 Å². The van der Waals surface area contributed by atoms with Gasteiger partial charge in [0.15, 0.2) is 0 Å². The lowest BCUT2D eigenvalue weighted by atomic mass is 9.71. The van der Waals surface area contributed by atoms with Gasteiger partial charge in [-0.15, -0.1) is 11.3 Å². The molecule has 0 N–H and O–H groups in total. The van der Waals surface area contributed by atoms with Crippen LogP contribution in [-0.2, 0) is 6.54 Å². The van der Waals surface area contributed by atoms with Crippen LogP contribution in [0.5, 0.6) is 0 Å². The van der Waals surface area contributed by atoms with Crippen LogP contribution in [-0.4, -0.2) is 46.9 Å². The number of hydrogen-bond acceptors (Lipinski definition) is 4. The van der Waals surface area contributed by atoms with Gasteiger partial charge >= 0.3 is 0 Å². The Morgan fingerprint density at radius 1 is 1.08 bits per heavy atom. The molecule has 1 aromatic heterocycles. The zero-order valence-corrected chi connectivity index (χ0v) is 15.7. The molecule has 1 amide bonds. The zero-order chi connectivity index (χ0) is 18.0. The van der Waals surface area contributed by atoms with Gasteiger partial charge in [0.05, 0.1) is 5.51 Å². The molecule has 0 bridgehead atoms. The van der Waals surface area contributed by atoms with Gasteiger partial charge in [-0.3, -0.25) is 9.69 Å². The molecule has 26 heavy (non-hydrogen) atoms. The number of likely N-dealkylation sites (tertiary alicyclic amines) is 2. The third kappa shape index (κ3) is 3.81. The van der Waals surface area contributed by atoms with Crippen LogP contribution >= 0.6 is 11.3 Å². The molecule has 0 aliphatic carbocycles. The Bertz CT molecular complexity index is 729. The number of amides is 1. The first-order chi connectivity index (χ1) is 12.6. The minimum atomic E-state index is -0.176. The number of hydrogen-bond donors (Lipinski definition) is 0. The molecule has 2 aromatic rings. The van der Waals surface area contributed by atoms with Crippen molar-refractivity contribution in [3.8, 4) is 0 Å². The van der Waals surface area contributed by atoms with E-state index >= 15 is 0 Å². The number of nitrogens with zero attached hydrogens (tertiary/aromatic N) is 3. The summed E-state index contributed by atoms with van der Waals surface area (Å²) in [5, 5.41) is 1.83. The van der Waals surface area contributed by atoms with E-state index in [9.17, 15) is 9.18 Å². The number of carbonyl (C=O) groups is 1. The van der Waals surface area contributed by atoms with E-state index < -0.39 is 0 Å². The second-order valence-electron chi connectivity index (χ2n) is 7.57. The first-order valence-electron chi connectivity index (χ1n) is 9.28. The van der Waals surface area contributed by atoms with Gasteiger partial charge in [0.2, 0.25) is 0 Å². The molecule has 3 heterocycles. The number of rotatable bonds is 3. The summed E-state index contributed by atoms with van der Waals surface area (Å²) in [6, 6.07) is 6.83. The van der Waals surface area contributed by atoms with Crippen LogP contribution in [0, 0.1) is 11.2 Å². The molecule has 4 rings (SSSR count). The normalized spacial score (nSPS) is 20.4. The van der Waals surface area contributed by atoms with Gasteiger partial charge in [0, 0.05) is 25.0 Å². The Hall–Kier alpha value is -1.79. The van der Waals surface area contributed by atoms with Crippen molar-refractivity contribution >= 4 is 17.2 Å².